The Morgan fingerprint density at radius 2 is 0.945 bits per heavy atom. The van der Waals surface area contributed by atoms with Crippen LogP contribution in [0.5, 0.6) is 0 Å². The number of hydrogen-bond acceptors (Lipinski definition) is 3. The molecule has 3 nitrogen and oxygen atoms in total. The van der Waals surface area contributed by atoms with Crippen LogP contribution in [0.3, 0.4) is 0 Å². The van der Waals surface area contributed by atoms with Gasteiger partial charge in [0.15, 0.2) is 0 Å². The molecule has 0 spiro atoms. The zero-order valence-corrected chi connectivity index (χ0v) is 34.8. The predicted molar refractivity (Wildman–Crippen MR) is 230 cm³/mol. The Balaban J connectivity index is 1.53. The summed E-state index contributed by atoms with van der Waals surface area (Å²) in [5.41, 5.74) is 11.9. The molecule has 8 aromatic rings. The topological polar surface area (TPSA) is 38.7 Å². The van der Waals surface area contributed by atoms with Gasteiger partial charge in [0.2, 0.25) is 0 Å². The van der Waals surface area contributed by atoms with Crippen molar-refractivity contribution < 1.29 is 16.5 Å². The van der Waals surface area contributed by atoms with Gasteiger partial charge in [0.05, 0.1) is 0 Å². The summed E-state index contributed by atoms with van der Waals surface area (Å²) in [6.45, 7) is 18.1. The number of fused-ring (bicyclic) bond motifs is 2. The number of nitrogens with zero attached hydrogens (tertiary/aromatic N) is 3. The van der Waals surface area contributed by atoms with E-state index in [0.717, 1.165) is 50.0 Å². The molecule has 0 amide bonds. The summed E-state index contributed by atoms with van der Waals surface area (Å²) in [6.07, 6.45) is 3.87. The van der Waals surface area contributed by atoms with Crippen LogP contribution in [0, 0.1) is 0 Å². The van der Waals surface area contributed by atoms with Crippen LogP contribution in [0.15, 0.2) is 158 Å². The molecule has 0 saturated heterocycles. The Kier molecular flexibility index (Phi) is 9.67. The van der Waals surface area contributed by atoms with E-state index in [1.165, 1.54) is 34.5 Å². The Labute approximate surface area is 331 Å². The van der Waals surface area contributed by atoms with E-state index in [9.17, 15) is 0 Å². The molecule has 0 unspecified atom stereocenters. The third-order valence-corrected chi connectivity index (χ3v) is 16.9. The molecular formula is C51H46IrN3. The Morgan fingerprint density at radius 3 is 1.44 bits per heavy atom. The van der Waals surface area contributed by atoms with Gasteiger partial charge in [-0.2, -0.15) is 0 Å². The van der Waals surface area contributed by atoms with Gasteiger partial charge in [0.25, 0.3) is 0 Å². The summed E-state index contributed by atoms with van der Waals surface area (Å²) in [5.74, 6) is 0. The first-order chi connectivity index (χ1) is 26.5. The van der Waals surface area contributed by atoms with Gasteiger partial charge in [0, 0.05) is 0 Å². The molecule has 274 valence electrons. The Morgan fingerprint density at radius 1 is 0.473 bits per heavy atom. The summed E-state index contributed by atoms with van der Waals surface area (Å²) in [5, 5.41) is 2.27. The monoisotopic (exact) mass is 893 g/mol. The average molecular weight is 893 g/mol. The first-order valence-electron chi connectivity index (χ1n) is 18.8. The van der Waals surface area contributed by atoms with Crippen molar-refractivity contribution in [1.82, 2.24) is 15.0 Å². The molecule has 0 N–H and O–H groups in total. The van der Waals surface area contributed by atoms with Crippen LogP contribution in [0.2, 0.25) is 0 Å². The third-order valence-electron chi connectivity index (χ3n) is 10.1. The van der Waals surface area contributed by atoms with E-state index in [1.807, 2.05) is 18.3 Å². The van der Waals surface area contributed by atoms with Crippen LogP contribution in [-0.2, 0) is 27.3 Å². The molecule has 0 bridgehead atoms. The van der Waals surface area contributed by atoms with E-state index >= 15 is 0 Å². The number of benzene rings is 5. The quantitative estimate of drug-likeness (QED) is 0.160. The van der Waals surface area contributed by atoms with Crippen molar-refractivity contribution in [2.45, 2.75) is 52.4 Å². The summed E-state index contributed by atoms with van der Waals surface area (Å²) in [4.78, 5) is 15.6. The SMILES string of the molecule is C=Cc1ccc(-c2ccccn2)[c]([Ir]([c]2cc(C(C)(C)C)ccc2-c2ccc3ccccc3n2)[c]2cc(C(C)(C)C)ccc2-c2ccc3ccccc3n2)c1. The van der Waals surface area contributed by atoms with Crippen LogP contribution in [0.1, 0.15) is 58.2 Å². The van der Waals surface area contributed by atoms with Crippen molar-refractivity contribution in [3.63, 3.8) is 0 Å². The zero-order chi connectivity index (χ0) is 38.3. The fraction of sp³-hybridized carbons (Fsp3) is 0.157. The fourth-order valence-electron chi connectivity index (χ4n) is 6.85. The van der Waals surface area contributed by atoms with Crippen LogP contribution in [-0.4, -0.2) is 15.0 Å². The van der Waals surface area contributed by atoms with Crippen LogP contribution < -0.4 is 12.2 Å². The molecule has 0 radical (unpaired) electrons. The number of aromatic nitrogens is 3. The van der Waals surface area contributed by atoms with Crippen molar-refractivity contribution in [2.24, 2.45) is 0 Å². The molecule has 5 aromatic carbocycles. The average Bonchev–Trinajstić information content (AvgIpc) is 3.20. The molecule has 0 aliphatic heterocycles. The maximum atomic E-state index is 5.34. The van der Waals surface area contributed by atoms with Gasteiger partial charge in [-0.15, -0.1) is 0 Å². The number of para-hydroxylation sites is 2. The van der Waals surface area contributed by atoms with E-state index in [0.29, 0.717) is 0 Å². The second kappa shape index (κ2) is 14.6. The van der Waals surface area contributed by atoms with Crippen molar-refractivity contribution in [3.05, 3.63) is 175 Å². The fourth-order valence-corrected chi connectivity index (χ4v) is 14.6. The Bertz CT molecular complexity index is 2560. The molecule has 0 atom stereocenters. The molecule has 3 aromatic heterocycles. The van der Waals surface area contributed by atoms with Gasteiger partial charge < -0.3 is 0 Å². The third kappa shape index (κ3) is 7.33. The maximum absolute atomic E-state index is 5.34. The zero-order valence-electron chi connectivity index (χ0n) is 32.4. The van der Waals surface area contributed by atoms with E-state index in [2.05, 4.69) is 188 Å². The van der Waals surface area contributed by atoms with Crippen molar-refractivity contribution in [2.75, 3.05) is 0 Å². The van der Waals surface area contributed by atoms with Gasteiger partial charge in [-0.3, -0.25) is 0 Å². The molecule has 0 saturated carbocycles. The van der Waals surface area contributed by atoms with Crippen LogP contribution in [0.25, 0.3) is 61.7 Å². The molecular weight excluding hydrogens is 847 g/mol. The molecule has 0 fully saturated rings. The van der Waals surface area contributed by atoms with Gasteiger partial charge in [0.1, 0.15) is 0 Å². The minimum absolute atomic E-state index is 0.0731. The summed E-state index contributed by atoms with van der Waals surface area (Å²) in [7, 11) is 0. The van der Waals surface area contributed by atoms with Crippen LogP contribution in [0.4, 0.5) is 0 Å². The van der Waals surface area contributed by atoms with Crippen molar-refractivity contribution in [3.8, 4) is 33.8 Å². The standard InChI is InChI=1S/2C19H18N.C13H10N.Ir/c2*1-19(2,3)16-11-8-15(9-12-16)18-13-10-14-6-4-5-7-17(14)20-18;1-2-11-6-8-12(9-7-11)13-5-3-4-10-14-13;/h2*4-8,10-13H,1-3H3;2-8,10H,1H2;. The van der Waals surface area contributed by atoms with E-state index in [4.69, 9.17) is 15.0 Å². The van der Waals surface area contributed by atoms with Crippen molar-refractivity contribution in [1.29, 1.82) is 0 Å². The first-order valence-corrected chi connectivity index (χ1v) is 22.4. The molecule has 3 heterocycles. The second-order valence-electron chi connectivity index (χ2n) is 16.0. The predicted octanol–water partition coefficient (Wildman–Crippen LogP) is 11.3. The van der Waals surface area contributed by atoms with Gasteiger partial charge in [-0.05, 0) is 0 Å². The summed E-state index contributed by atoms with van der Waals surface area (Å²) < 4.78 is 4.01. The number of rotatable bonds is 7. The van der Waals surface area contributed by atoms with Gasteiger partial charge in [-0.1, -0.05) is 0 Å². The van der Waals surface area contributed by atoms with Gasteiger partial charge >= 0.3 is 333 Å². The molecule has 0 aliphatic rings. The van der Waals surface area contributed by atoms with E-state index in [-0.39, 0.29) is 10.8 Å². The van der Waals surface area contributed by atoms with Crippen molar-refractivity contribution >= 4 is 40.1 Å². The number of pyridine rings is 3. The summed E-state index contributed by atoms with van der Waals surface area (Å²) >= 11 is -2.92. The minimum atomic E-state index is -2.92. The molecule has 4 heteroatoms. The van der Waals surface area contributed by atoms with E-state index in [1.54, 1.807) is 0 Å². The molecule has 55 heavy (non-hydrogen) atoms. The van der Waals surface area contributed by atoms with E-state index < -0.39 is 16.5 Å². The normalized spacial score (nSPS) is 12.2. The molecule has 0 aliphatic carbocycles. The summed E-state index contributed by atoms with van der Waals surface area (Å²) in [6, 6.07) is 52.9. The number of hydrogen-bond donors (Lipinski definition) is 0. The second-order valence-corrected chi connectivity index (χ2v) is 21.7. The van der Waals surface area contributed by atoms with Crippen LogP contribution >= 0.6 is 0 Å². The molecule has 8 rings (SSSR count). The first kappa shape index (κ1) is 36.4. The Hall–Kier alpha value is -5.54. The van der Waals surface area contributed by atoms with Gasteiger partial charge in [-0.25, -0.2) is 0 Å².